The lowest BCUT2D eigenvalue weighted by atomic mass is 10.2. The summed E-state index contributed by atoms with van der Waals surface area (Å²) in [6, 6.07) is 5.76. The molecular formula is C15H22ClN3O. The highest BCUT2D eigenvalue weighted by Crippen LogP contribution is 2.23. The lowest BCUT2D eigenvalue weighted by molar-refractivity contribution is -0.116. The summed E-state index contributed by atoms with van der Waals surface area (Å²) in [6.07, 6.45) is 3.94. The number of benzene rings is 1. The summed E-state index contributed by atoms with van der Waals surface area (Å²) in [6.45, 7) is 4.40. The second-order valence-corrected chi connectivity index (χ2v) is 5.85. The van der Waals surface area contributed by atoms with E-state index in [1.807, 2.05) is 0 Å². The van der Waals surface area contributed by atoms with Gasteiger partial charge in [0, 0.05) is 17.5 Å². The molecule has 20 heavy (non-hydrogen) atoms. The van der Waals surface area contributed by atoms with Gasteiger partial charge in [0.15, 0.2) is 0 Å². The third-order valence-electron chi connectivity index (χ3n) is 3.83. The Hall–Kier alpha value is -1.26. The maximum atomic E-state index is 11.9. The van der Waals surface area contributed by atoms with Gasteiger partial charge in [-0.15, -0.1) is 0 Å². The number of carbonyl (C=O) groups excluding carboxylic acids is 1. The number of nitrogens with two attached hydrogens (primary N) is 1. The number of nitrogens with one attached hydrogen (secondary N) is 1. The van der Waals surface area contributed by atoms with Gasteiger partial charge in [-0.05, 0) is 57.5 Å². The smallest absolute Gasteiger partial charge is 0.224 e. The van der Waals surface area contributed by atoms with Gasteiger partial charge in [0.2, 0.25) is 5.91 Å². The van der Waals surface area contributed by atoms with Gasteiger partial charge in [-0.25, -0.2) is 0 Å². The van der Waals surface area contributed by atoms with Crippen LogP contribution in [0.4, 0.5) is 11.4 Å². The van der Waals surface area contributed by atoms with Crippen molar-refractivity contribution in [2.45, 2.75) is 38.6 Å². The van der Waals surface area contributed by atoms with E-state index in [9.17, 15) is 4.79 Å². The van der Waals surface area contributed by atoms with Crippen LogP contribution in [0, 0.1) is 0 Å². The molecule has 1 aromatic carbocycles. The first-order valence-electron chi connectivity index (χ1n) is 7.15. The van der Waals surface area contributed by atoms with Gasteiger partial charge in [-0.2, -0.15) is 0 Å². The summed E-state index contributed by atoms with van der Waals surface area (Å²) in [4.78, 5) is 14.3. The molecule has 1 aliphatic heterocycles. The van der Waals surface area contributed by atoms with Crippen molar-refractivity contribution in [3.8, 4) is 0 Å². The second kappa shape index (κ2) is 6.95. The lowest BCUT2D eigenvalue weighted by Gasteiger charge is -2.20. The minimum atomic E-state index is 0.00544. The fourth-order valence-electron chi connectivity index (χ4n) is 2.63. The van der Waals surface area contributed by atoms with Crippen molar-refractivity contribution in [2.75, 3.05) is 24.1 Å². The highest BCUT2D eigenvalue weighted by atomic mass is 35.5. The van der Waals surface area contributed by atoms with Gasteiger partial charge in [-0.1, -0.05) is 11.6 Å². The number of carbonyl (C=O) groups is 1. The molecule has 1 amide bonds. The van der Waals surface area contributed by atoms with Gasteiger partial charge < -0.3 is 16.0 Å². The number of rotatable bonds is 5. The van der Waals surface area contributed by atoms with Crippen LogP contribution in [0.2, 0.25) is 5.02 Å². The van der Waals surface area contributed by atoms with Crippen molar-refractivity contribution in [2.24, 2.45) is 0 Å². The highest BCUT2D eigenvalue weighted by Gasteiger charge is 2.19. The van der Waals surface area contributed by atoms with Gasteiger partial charge >= 0.3 is 0 Å². The molecule has 5 heteroatoms. The maximum absolute atomic E-state index is 11.9. The molecule has 0 saturated carbocycles. The van der Waals surface area contributed by atoms with Gasteiger partial charge in [-0.3, -0.25) is 4.79 Å². The molecule has 1 unspecified atom stereocenters. The summed E-state index contributed by atoms with van der Waals surface area (Å²) < 4.78 is 0. The molecule has 0 aromatic heterocycles. The average Bonchev–Trinajstić information content (AvgIpc) is 2.79. The number of hydrogen-bond acceptors (Lipinski definition) is 3. The van der Waals surface area contributed by atoms with E-state index in [1.54, 1.807) is 18.2 Å². The lowest BCUT2D eigenvalue weighted by Crippen LogP contribution is -2.28. The minimum absolute atomic E-state index is 0.00544. The van der Waals surface area contributed by atoms with Crippen LogP contribution >= 0.6 is 11.6 Å². The van der Waals surface area contributed by atoms with Gasteiger partial charge in [0.25, 0.3) is 0 Å². The fraction of sp³-hybridized carbons (Fsp3) is 0.533. The summed E-state index contributed by atoms with van der Waals surface area (Å²) in [7, 11) is 0. The molecule has 3 N–H and O–H groups in total. The Morgan fingerprint density at radius 2 is 2.35 bits per heavy atom. The Bertz CT molecular complexity index is 478. The summed E-state index contributed by atoms with van der Waals surface area (Å²) in [5.41, 5.74) is 6.94. The van der Waals surface area contributed by atoms with E-state index < -0.39 is 0 Å². The molecule has 1 aliphatic rings. The van der Waals surface area contributed by atoms with Crippen LogP contribution in [-0.2, 0) is 4.79 Å². The third kappa shape index (κ3) is 4.12. The molecule has 4 nitrogen and oxygen atoms in total. The van der Waals surface area contributed by atoms with Crippen LogP contribution in [0.15, 0.2) is 18.2 Å². The number of likely N-dealkylation sites (tertiary alicyclic amines) is 1. The Balaban J connectivity index is 1.75. The highest BCUT2D eigenvalue weighted by molar-refractivity contribution is 6.31. The zero-order valence-electron chi connectivity index (χ0n) is 11.9. The van der Waals surface area contributed by atoms with Crippen LogP contribution in [-0.4, -0.2) is 29.9 Å². The van der Waals surface area contributed by atoms with E-state index >= 15 is 0 Å². The van der Waals surface area contributed by atoms with Crippen molar-refractivity contribution >= 4 is 28.9 Å². The zero-order valence-corrected chi connectivity index (χ0v) is 12.6. The molecule has 1 saturated heterocycles. The molecule has 0 spiro atoms. The molecule has 110 valence electrons. The number of nitrogens with zero attached hydrogens (tertiary/aromatic N) is 1. The predicted octanol–water partition coefficient (Wildman–Crippen LogP) is 3.13. The molecule has 2 rings (SSSR count). The van der Waals surface area contributed by atoms with Crippen molar-refractivity contribution in [3.63, 3.8) is 0 Å². The quantitative estimate of drug-likeness (QED) is 0.821. The Kier molecular flexibility index (Phi) is 5.26. The predicted molar refractivity (Wildman–Crippen MR) is 84.0 cm³/mol. The largest absolute Gasteiger partial charge is 0.397 e. The van der Waals surface area contributed by atoms with Crippen LogP contribution < -0.4 is 11.1 Å². The van der Waals surface area contributed by atoms with Crippen molar-refractivity contribution in [1.29, 1.82) is 0 Å². The van der Waals surface area contributed by atoms with Gasteiger partial charge in [0.1, 0.15) is 0 Å². The van der Waals surface area contributed by atoms with Crippen LogP contribution in [0.5, 0.6) is 0 Å². The maximum Gasteiger partial charge on any atom is 0.224 e. The molecule has 1 heterocycles. The normalized spacial score (nSPS) is 19.2. The third-order valence-corrected chi connectivity index (χ3v) is 4.06. The SMILES string of the molecule is CC1CCCN1CCCC(=O)Nc1ccc(Cl)cc1N. The van der Waals surface area contributed by atoms with E-state index in [2.05, 4.69) is 17.1 Å². The van der Waals surface area contributed by atoms with E-state index in [1.165, 1.54) is 12.8 Å². The fourth-order valence-corrected chi connectivity index (χ4v) is 2.81. The molecule has 1 atom stereocenters. The average molecular weight is 296 g/mol. The van der Waals surface area contributed by atoms with Gasteiger partial charge in [0.05, 0.1) is 11.4 Å². The first-order chi connectivity index (χ1) is 9.56. The van der Waals surface area contributed by atoms with Crippen LogP contribution in [0.3, 0.4) is 0 Å². The second-order valence-electron chi connectivity index (χ2n) is 5.41. The summed E-state index contributed by atoms with van der Waals surface area (Å²) in [5.74, 6) is 0.00544. The van der Waals surface area contributed by atoms with Crippen LogP contribution in [0.25, 0.3) is 0 Å². The number of amides is 1. The Morgan fingerprint density at radius 1 is 1.55 bits per heavy atom. The zero-order chi connectivity index (χ0) is 14.5. The van der Waals surface area contributed by atoms with Crippen molar-refractivity contribution < 1.29 is 4.79 Å². The monoisotopic (exact) mass is 295 g/mol. The number of nitrogen functional groups attached to an aromatic ring is 1. The van der Waals surface area contributed by atoms with Crippen LogP contribution in [0.1, 0.15) is 32.6 Å². The number of anilines is 2. The van der Waals surface area contributed by atoms with E-state index in [0.717, 1.165) is 19.5 Å². The standard InChI is InChI=1S/C15H22ClN3O/c1-11-4-2-8-19(11)9-3-5-15(20)18-14-7-6-12(16)10-13(14)17/h6-7,10-11H,2-5,8-9,17H2,1H3,(H,18,20). The van der Waals surface area contributed by atoms with E-state index in [0.29, 0.717) is 28.9 Å². The summed E-state index contributed by atoms with van der Waals surface area (Å²) in [5, 5.41) is 3.41. The minimum Gasteiger partial charge on any atom is -0.397 e. The molecule has 1 aromatic rings. The topological polar surface area (TPSA) is 58.4 Å². The molecule has 0 bridgehead atoms. The molecule has 1 fully saturated rings. The summed E-state index contributed by atoms with van der Waals surface area (Å²) >= 11 is 5.83. The first kappa shape index (κ1) is 15.1. The van der Waals surface area contributed by atoms with E-state index in [4.69, 9.17) is 17.3 Å². The molecule has 0 radical (unpaired) electrons. The number of hydrogen-bond donors (Lipinski definition) is 2. The number of halogens is 1. The van der Waals surface area contributed by atoms with E-state index in [-0.39, 0.29) is 5.91 Å². The first-order valence-corrected chi connectivity index (χ1v) is 7.53. The Labute approximate surface area is 125 Å². The Morgan fingerprint density at radius 3 is 3.00 bits per heavy atom. The van der Waals surface area contributed by atoms with Crippen molar-refractivity contribution in [1.82, 2.24) is 4.90 Å². The molecule has 0 aliphatic carbocycles. The molecular weight excluding hydrogens is 274 g/mol. The van der Waals surface area contributed by atoms with Crippen molar-refractivity contribution in [3.05, 3.63) is 23.2 Å².